The summed E-state index contributed by atoms with van der Waals surface area (Å²) in [5.74, 6) is -1.74. The van der Waals surface area contributed by atoms with Gasteiger partial charge >= 0.3 is 29.6 Å². The number of aromatic nitrogens is 3. The molecule has 0 saturated carbocycles. The third kappa shape index (κ3) is 11.3. The first-order chi connectivity index (χ1) is 21.6. The van der Waals surface area contributed by atoms with Crippen molar-refractivity contribution in [1.29, 1.82) is 0 Å². The molecule has 2 unspecified atom stereocenters. The van der Waals surface area contributed by atoms with E-state index in [0.29, 0.717) is 11.3 Å². The van der Waals surface area contributed by atoms with E-state index in [1.54, 1.807) is 24.3 Å². The van der Waals surface area contributed by atoms with Crippen molar-refractivity contribution in [1.82, 2.24) is 15.0 Å². The first-order valence-corrected chi connectivity index (χ1v) is 16.4. The second-order valence-electron chi connectivity index (χ2n) is 9.82. The van der Waals surface area contributed by atoms with Gasteiger partial charge in [-0.3, -0.25) is 9.11 Å². The molecular weight excluding hydrogens is 673 g/mol. The molecule has 0 fully saturated rings. The van der Waals surface area contributed by atoms with Crippen LogP contribution < -0.4 is 14.2 Å². The summed E-state index contributed by atoms with van der Waals surface area (Å²) in [4.78, 5) is 13.4. The summed E-state index contributed by atoms with van der Waals surface area (Å²) >= 11 is 0. The average molecular weight is 704 g/mol. The van der Waals surface area contributed by atoms with Crippen molar-refractivity contribution in [3.8, 4) is 62.9 Å². The summed E-state index contributed by atoms with van der Waals surface area (Å²) < 4.78 is 77.4. The molecule has 16 nitrogen and oxygen atoms in total. The van der Waals surface area contributed by atoms with Gasteiger partial charge in [-0.2, -0.15) is 16.8 Å². The molecule has 6 N–H and O–H groups in total. The van der Waals surface area contributed by atoms with Crippen LogP contribution in [0, 0.1) is 0 Å². The summed E-state index contributed by atoms with van der Waals surface area (Å²) in [6, 6.07) is 14.7. The Morgan fingerprint density at radius 1 is 0.638 bits per heavy atom. The molecular formula is C28H30N3NaO13S2. The van der Waals surface area contributed by atoms with Gasteiger partial charge < -0.3 is 34.6 Å². The monoisotopic (exact) mass is 703 g/mol. The van der Waals surface area contributed by atoms with E-state index < -0.39 is 57.2 Å². The molecule has 4 aromatic rings. The first kappa shape index (κ1) is 37.9. The predicted octanol–water partition coefficient (Wildman–Crippen LogP) is 0.899. The number of aromatic hydroxyl groups is 2. The number of hydrogen-bond acceptors (Lipinski definition) is 14. The minimum atomic E-state index is -4.43. The number of rotatable bonds is 14. The molecule has 248 valence electrons. The summed E-state index contributed by atoms with van der Waals surface area (Å²) in [6.45, 7) is -0.983. The third-order valence-corrected chi connectivity index (χ3v) is 7.71. The Bertz CT molecular complexity index is 1800. The van der Waals surface area contributed by atoms with E-state index in [-0.39, 0.29) is 81.2 Å². The van der Waals surface area contributed by atoms with Crippen molar-refractivity contribution in [2.45, 2.75) is 12.2 Å². The molecule has 0 bridgehead atoms. The van der Waals surface area contributed by atoms with Crippen LogP contribution in [0.5, 0.6) is 28.7 Å². The van der Waals surface area contributed by atoms with Crippen LogP contribution in [0.1, 0.15) is 0 Å². The molecule has 0 aliphatic carbocycles. The first-order valence-electron chi connectivity index (χ1n) is 13.2. The number of ether oxygens (including phenoxy) is 3. The molecule has 3 aromatic carbocycles. The molecule has 0 radical (unpaired) electrons. The van der Waals surface area contributed by atoms with E-state index >= 15 is 0 Å². The van der Waals surface area contributed by atoms with Gasteiger partial charge in [-0.1, -0.05) is 0 Å². The number of nitrogens with zero attached hydrogens (tertiary/aromatic N) is 3. The zero-order chi connectivity index (χ0) is 33.6. The van der Waals surface area contributed by atoms with E-state index in [0.717, 1.165) is 0 Å². The average Bonchev–Trinajstić information content (AvgIpc) is 2.97. The number of phenols is 2. The van der Waals surface area contributed by atoms with Gasteiger partial charge in [-0.15, -0.1) is 0 Å². The second kappa shape index (κ2) is 16.0. The molecule has 0 amide bonds. The Morgan fingerprint density at radius 3 is 1.38 bits per heavy atom. The SMILES string of the molecule is COc1ccc(-c2nc(-c3ccc(OCC(O)CS(=O)(=O)O)cc3O)nc(-c3ccc(OCC(O)CS(=O)(=O)O)cc3O)n2)cc1.[NaH]. The number of benzene rings is 3. The molecule has 0 aliphatic heterocycles. The van der Waals surface area contributed by atoms with Gasteiger partial charge in [0.05, 0.1) is 18.2 Å². The fourth-order valence-electron chi connectivity index (χ4n) is 4.03. The number of hydrogen-bond donors (Lipinski definition) is 6. The van der Waals surface area contributed by atoms with Gasteiger partial charge in [0, 0.05) is 17.7 Å². The predicted molar refractivity (Wildman–Crippen MR) is 169 cm³/mol. The Labute approximate surface area is 291 Å². The van der Waals surface area contributed by atoms with E-state index in [4.69, 9.17) is 23.3 Å². The third-order valence-electron chi connectivity index (χ3n) is 6.09. The van der Waals surface area contributed by atoms with E-state index in [2.05, 4.69) is 15.0 Å². The zero-order valence-electron chi connectivity index (χ0n) is 24.0. The molecule has 2 atom stereocenters. The molecule has 1 heterocycles. The summed E-state index contributed by atoms with van der Waals surface area (Å²) in [5.41, 5.74) is 0.776. The number of aliphatic hydroxyl groups excluding tert-OH is 2. The molecule has 1 aromatic heterocycles. The normalized spacial score (nSPS) is 12.9. The van der Waals surface area contributed by atoms with Crippen LogP contribution >= 0.6 is 0 Å². The topological polar surface area (TPSA) is 256 Å². The van der Waals surface area contributed by atoms with Gasteiger partial charge in [0.25, 0.3) is 20.2 Å². The van der Waals surface area contributed by atoms with Gasteiger partial charge in [0.1, 0.15) is 65.7 Å². The van der Waals surface area contributed by atoms with Crippen LogP contribution in [-0.4, -0.2) is 135 Å². The van der Waals surface area contributed by atoms with Crippen molar-refractivity contribution in [3.05, 3.63) is 60.7 Å². The zero-order valence-corrected chi connectivity index (χ0v) is 25.6. The summed E-state index contributed by atoms with van der Waals surface area (Å²) in [6.07, 6.45) is -3.05. The van der Waals surface area contributed by atoms with Crippen molar-refractivity contribution in [2.75, 3.05) is 31.8 Å². The van der Waals surface area contributed by atoms with Crippen LogP contribution in [0.15, 0.2) is 60.7 Å². The van der Waals surface area contributed by atoms with E-state index in [1.165, 1.54) is 43.5 Å². The van der Waals surface area contributed by atoms with Crippen molar-refractivity contribution in [2.24, 2.45) is 0 Å². The Kier molecular flexibility index (Phi) is 12.9. The van der Waals surface area contributed by atoms with Crippen LogP contribution in [0.2, 0.25) is 0 Å². The number of phenolic OH excluding ortho intramolecular Hbond substituents is 2. The van der Waals surface area contributed by atoms with E-state index in [9.17, 15) is 37.3 Å². The van der Waals surface area contributed by atoms with Crippen LogP contribution in [-0.2, 0) is 20.2 Å². The van der Waals surface area contributed by atoms with Crippen molar-refractivity contribution in [3.63, 3.8) is 0 Å². The number of methoxy groups -OCH3 is 1. The number of aliphatic hydroxyl groups is 2. The summed E-state index contributed by atoms with van der Waals surface area (Å²) in [5, 5.41) is 41.2. The Balaban J connectivity index is 0.00000600. The fourth-order valence-corrected chi connectivity index (χ4v) is 5.20. The molecule has 0 aliphatic rings. The van der Waals surface area contributed by atoms with Crippen LogP contribution in [0.25, 0.3) is 34.2 Å². The van der Waals surface area contributed by atoms with Gasteiger partial charge in [0.15, 0.2) is 17.5 Å². The molecule has 0 saturated heterocycles. The van der Waals surface area contributed by atoms with Gasteiger partial charge in [0.2, 0.25) is 0 Å². The quantitative estimate of drug-likeness (QED) is 0.0788. The minimum absolute atomic E-state index is 0. The van der Waals surface area contributed by atoms with Gasteiger partial charge in [-0.25, -0.2) is 15.0 Å². The second-order valence-corrected chi connectivity index (χ2v) is 12.8. The van der Waals surface area contributed by atoms with E-state index in [1.807, 2.05) is 0 Å². The van der Waals surface area contributed by atoms with Crippen LogP contribution in [0.3, 0.4) is 0 Å². The maximum absolute atomic E-state index is 11.0. The van der Waals surface area contributed by atoms with Crippen molar-refractivity contribution >= 4 is 49.8 Å². The van der Waals surface area contributed by atoms with Crippen LogP contribution in [0.4, 0.5) is 0 Å². The molecule has 19 heteroatoms. The Hall–Kier alpha value is -3.59. The Morgan fingerprint density at radius 2 is 1.02 bits per heavy atom. The maximum atomic E-state index is 11.0. The molecule has 4 rings (SSSR count). The van der Waals surface area contributed by atoms with Gasteiger partial charge in [-0.05, 0) is 48.5 Å². The standard InChI is InChI=1S/C28H29N3O13S2.Na.H/c1-42-19-4-2-16(3-5-19)26-29-27(22-8-6-20(10-24(22)34)43-12-17(32)14-45(36,37)38)31-28(30-26)23-9-7-21(11-25(23)35)44-13-18(33)15-46(39,40)41;;/h2-11,17-18,32-35H,12-15H2,1H3,(H,36,37,38)(H,39,40,41);;. The summed E-state index contributed by atoms with van der Waals surface area (Å²) in [7, 11) is -7.35. The van der Waals surface area contributed by atoms with Crippen molar-refractivity contribution < 1.29 is 60.6 Å². The molecule has 0 spiro atoms. The molecule has 47 heavy (non-hydrogen) atoms. The fraction of sp³-hybridized carbons (Fsp3) is 0.250.